The molecule has 0 aliphatic heterocycles. The number of aliphatic hydroxyl groups excluding tert-OH is 1. The third-order valence-electron chi connectivity index (χ3n) is 3.94. The Morgan fingerprint density at radius 3 is 2.09 bits per heavy atom. The highest BCUT2D eigenvalue weighted by atomic mass is 16.3. The molecule has 0 spiro atoms. The number of hydrogen-bond donors (Lipinski definition) is 2. The molecule has 3 rings (SSSR count). The van der Waals surface area contributed by atoms with Crippen LogP contribution in [0.25, 0.3) is 0 Å². The number of aryl methyl sites for hydroxylation is 1. The summed E-state index contributed by atoms with van der Waals surface area (Å²) in [6.07, 6.45) is 1.10. The monoisotopic (exact) mass is 303 g/mol. The molecule has 0 amide bonds. The summed E-state index contributed by atoms with van der Waals surface area (Å²) in [5.41, 5.74) is 4.36. The maximum atomic E-state index is 10.3. The maximum Gasteiger partial charge on any atom is 0.0793 e. The van der Waals surface area contributed by atoms with Crippen molar-refractivity contribution in [2.75, 3.05) is 5.32 Å². The maximum absolute atomic E-state index is 10.3. The van der Waals surface area contributed by atoms with Gasteiger partial charge >= 0.3 is 0 Å². The van der Waals surface area contributed by atoms with Crippen molar-refractivity contribution in [2.24, 2.45) is 0 Å². The molecule has 0 saturated heterocycles. The van der Waals surface area contributed by atoms with Gasteiger partial charge in [-0.25, -0.2) is 0 Å². The van der Waals surface area contributed by atoms with Gasteiger partial charge < -0.3 is 10.4 Å². The molecular weight excluding hydrogens is 282 g/mol. The Morgan fingerprint density at radius 1 is 0.739 bits per heavy atom. The van der Waals surface area contributed by atoms with Gasteiger partial charge in [0.05, 0.1) is 6.10 Å². The third-order valence-corrected chi connectivity index (χ3v) is 3.94. The van der Waals surface area contributed by atoms with E-state index in [9.17, 15) is 5.11 Å². The second-order valence-corrected chi connectivity index (χ2v) is 5.61. The zero-order valence-electron chi connectivity index (χ0n) is 13.0. The predicted molar refractivity (Wildman–Crippen MR) is 95.9 cm³/mol. The molecular formula is C21H21NO. The summed E-state index contributed by atoms with van der Waals surface area (Å²) in [6.45, 7) is 0. The molecule has 1 atom stereocenters. The highest BCUT2D eigenvalue weighted by Crippen LogP contribution is 2.25. The molecule has 0 aliphatic rings. The average molecular weight is 303 g/mol. The summed E-state index contributed by atoms with van der Waals surface area (Å²) in [6, 6.07) is 28.2. The van der Waals surface area contributed by atoms with Crippen LogP contribution >= 0.6 is 0 Å². The van der Waals surface area contributed by atoms with Crippen LogP contribution in [0.3, 0.4) is 0 Å². The number of rotatable bonds is 6. The summed E-state index contributed by atoms with van der Waals surface area (Å²) >= 11 is 0. The number of hydrogen-bond acceptors (Lipinski definition) is 2. The van der Waals surface area contributed by atoms with Crippen LogP contribution in [-0.4, -0.2) is 5.11 Å². The summed E-state index contributed by atoms with van der Waals surface area (Å²) in [5, 5.41) is 13.8. The second kappa shape index (κ2) is 7.61. The highest BCUT2D eigenvalue weighted by molar-refractivity contribution is 5.63. The second-order valence-electron chi connectivity index (χ2n) is 5.61. The lowest BCUT2D eigenvalue weighted by Crippen LogP contribution is -2.01. The van der Waals surface area contributed by atoms with Gasteiger partial charge in [0.15, 0.2) is 0 Å². The number of nitrogens with one attached hydrogen (secondary N) is 1. The third kappa shape index (κ3) is 4.21. The Kier molecular flexibility index (Phi) is 5.07. The van der Waals surface area contributed by atoms with Gasteiger partial charge in [-0.2, -0.15) is 0 Å². The Bertz CT molecular complexity index is 725. The molecule has 116 valence electrons. The van der Waals surface area contributed by atoms with Crippen LogP contribution in [-0.2, 0) is 6.42 Å². The fraction of sp³-hybridized carbons (Fsp3) is 0.143. The van der Waals surface area contributed by atoms with Crippen molar-refractivity contribution in [3.8, 4) is 0 Å². The first-order valence-electron chi connectivity index (χ1n) is 7.96. The standard InChI is InChI=1S/C21H21NO/c23-21(18-10-3-1-4-11-18)16-15-17-9-7-8-14-20(17)22-19-12-5-2-6-13-19/h1-14,21-23H,15-16H2/t21-/m1/s1. The molecule has 3 aromatic rings. The van der Waals surface area contributed by atoms with Crippen molar-refractivity contribution in [1.29, 1.82) is 0 Å². The molecule has 0 heterocycles. The van der Waals surface area contributed by atoms with Crippen molar-refractivity contribution in [3.63, 3.8) is 0 Å². The minimum absolute atomic E-state index is 0.430. The quantitative estimate of drug-likeness (QED) is 0.664. The van der Waals surface area contributed by atoms with Crippen LogP contribution in [0.15, 0.2) is 84.9 Å². The molecule has 0 radical (unpaired) electrons. The molecule has 0 saturated carbocycles. The fourth-order valence-corrected chi connectivity index (χ4v) is 2.67. The number of anilines is 2. The largest absolute Gasteiger partial charge is 0.388 e. The SMILES string of the molecule is O[C@H](CCc1ccccc1Nc1ccccc1)c1ccccc1. The molecule has 0 fully saturated rings. The van der Waals surface area contributed by atoms with Gasteiger partial charge in [-0.1, -0.05) is 66.7 Å². The Hall–Kier alpha value is -2.58. The lowest BCUT2D eigenvalue weighted by molar-refractivity contribution is 0.168. The average Bonchev–Trinajstić information content (AvgIpc) is 2.62. The molecule has 23 heavy (non-hydrogen) atoms. The molecule has 2 heteroatoms. The summed E-state index contributed by atoms with van der Waals surface area (Å²) in [7, 11) is 0. The van der Waals surface area contributed by atoms with Crippen molar-refractivity contribution >= 4 is 11.4 Å². The minimum Gasteiger partial charge on any atom is -0.388 e. The van der Waals surface area contributed by atoms with E-state index in [1.807, 2.05) is 60.7 Å². The van der Waals surface area contributed by atoms with Crippen LogP contribution in [0, 0.1) is 0 Å². The van der Waals surface area contributed by atoms with E-state index in [0.29, 0.717) is 6.42 Å². The molecule has 3 aromatic carbocycles. The van der Waals surface area contributed by atoms with Crippen LogP contribution < -0.4 is 5.32 Å². The predicted octanol–water partition coefficient (Wildman–Crippen LogP) is 5.10. The van der Waals surface area contributed by atoms with Crippen molar-refractivity contribution in [2.45, 2.75) is 18.9 Å². The molecule has 0 bridgehead atoms. The van der Waals surface area contributed by atoms with E-state index < -0.39 is 6.10 Å². The van der Waals surface area contributed by atoms with Crippen LogP contribution in [0.5, 0.6) is 0 Å². The van der Waals surface area contributed by atoms with E-state index >= 15 is 0 Å². The van der Waals surface area contributed by atoms with E-state index in [1.54, 1.807) is 0 Å². The van der Waals surface area contributed by atoms with E-state index in [4.69, 9.17) is 0 Å². The van der Waals surface area contributed by atoms with Crippen molar-refractivity contribution < 1.29 is 5.11 Å². The van der Waals surface area contributed by atoms with Gasteiger partial charge in [-0.15, -0.1) is 0 Å². The smallest absolute Gasteiger partial charge is 0.0793 e. The zero-order chi connectivity index (χ0) is 15.9. The normalized spacial score (nSPS) is 11.9. The highest BCUT2D eigenvalue weighted by Gasteiger charge is 2.09. The number of benzene rings is 3. The van der Waals surface area contributed by atoms with Crippen LogP contribution in [0.2, 0.25) is 0 Å². The Morgan fingerprint density at radius 2 is 1.35 bits per heavy atom. The topological polar surface area (TPSA) is 32.3 Å². The first kappa shape index (κ1) is 15.3. The van der Waals surface area contributed by atoms with Gasteiger partial charge in [-0.05, 0) is 42.2 Å². The minimum atomic E-state index is -0.430. The van der Waals surface area contributed by atoms with Gasteiger partial charge in [-0.3, -0.25) is 0 Å². The first-order valence-corrected chi connectivity index (χ1v) is 7.96. The summed E-state index contributed by atoms with van der Waals surface area (Å²) < 4.78 is 0. The molecule has 2 N–H and O–H groups in total. The summed E-state index contributed by atoms with van der Waals surface area (Å²) in [5.74, 6) is 0. The Balaban J connectivity index is 1.68. The van der Waals surface area contributed by atoms with E-state index in [2.05, 4.69) is 29.6 Å². The van der Waals surface area contributed by atoms with Gasteiger partial charge in [0.1, 0.15) is 0 Å². The zero-order valence-corrected chi connectivity index (χ0v) is 13.0. The first-order chi connectivity index (χ1) is 11.3. The molecule has 2 nitrogen and oxygen atoms in total. The van der Waals surface area contributed by atoms with Crippen molar-refractivity contribution in [1.82, 2.24) is 0 Å². The van der Waals surface area contributed by atoms with Crippen LogP contribution in [0.4, 0.5) is 11.4 Å². The van der Waals surface area contributed by atoms with Crippen molar-refractivity contribution in [3.05, 3.63) is 96.1 Å². The molecule has 0 unspecified atom stereocenters. The summed E-state index contributed by atoms with van der Waals surface area (Å²) in [4.78, 5) is 0. The lowest BCUT2D eigenvalue weighted by atomic mass is 10.0. The Labute approximate surface area is 137 Å². The fourth-order valence-electron chi connectivity index (χ4n) is 2.67. The van der Waals surface area contributed by atoms with Gasteiger partial charge in [0.25, 0.3) is 0 Å². The van der Waals surface area contributed by atoms with E-state index in [-0.39, 0.29) is 0 Å². The molecule has 0 aromatic heterocycles. The molecule has 0 aliphatic carbocycles. The number of para-hydroxylation sites is 2. The number of aliphatic hydroxyl groups is 1. The van der Waals surface area contributed by atoms with E-state index in [1.165, 1.54) is 5.56 Å². The van der Waals surface area contributed by atoms with Gasteiger partial charge in [0, 0.05) is 11.4 Å². The van der Waals surface area contributed by atoms with E-state index in [0.717, 1.165) is 23.4 Å². The van der Waals surface area contributed by atoms with Crippen LogP contribution in [0.1, 0.15) is 23.7 Å². The lowest BCUT2D eigenvalue weighted by Gasteiger charge is -2.14. The van der Waals surface area contributed by atoms with Gasteiger partial charge in [0.2, 0.25) is 0 Å².